The minimum absolute atomic E-state index is 0.150. The predicted octanol–water partition coefficient (Wildman–Crippen LogP) is 1.34. The Morgan fingerprint density at radius 1 is 1.19 bits per heavy atom. The number of amides is 2. The number of nitrogens with zero attached hydrogens (tertiary/aromatic N) is 2. The van der Waals surface area contributed by atoms with E-state index in [1.807, 2.05) is 30.3 Å². The molecule has 2 aromatic rings. The number of carbonyl (C=O) groups is 2. The van der Waals surface area contributed by atoms with Crippen LogP contribution in [0.5, 0.6) is 11.6 Å². The van der Waals surface area contributed by atoms with Gasteiger partial charge >= 0.3 is 0 Å². The molecule has 2 N–H and O–H groups in total. The molecule has 2 unspecified atom stereocenters. The summed E-state index contributed by atoms with van der Waals surface area (Å²) in [5.41, 5.74) is 5.98. The number of para-hydroxylation sites is 1. The highest BCUT2D eigenvalue weighted by atomic mass is 16.5. The lowest BCUT2D eigenvalue weighted by Crippen LogP contribution is -2.32. The van der Waals surface area contributed by atoms with Gasteiger partial charge in [0, 0.05) is 31.3 Å². The van der Waals surface area contributed by atoms with Crippen molar-refractivity contribution in [1.29, 1.82) is 0 Å². The molecule has 7 heteroatoms. The van der Waals surface area contributed by atoms with E-state index in [2.05, 4.69) is 4.98 Å². The zero-order chi connectivity index (χ0) is 18.5. The molecular formula is C19H21N3O4. The number of likely N-dealkylation sites (tertiary alicyclic amines) is 1. The van der Waals surface area contributed by atoms with Crippen LogP contribution in [0.3, 0.4) is 0 Å². The number of aromatic nitrogens is 1. The van der Waals surface area contributed by atoms with Crippen LogP contribution in [0.2, 0.25) is 0 Å². The maximum absolute atomic E-state index is 12.7. The average molecular weight is 355 g/mol. The molecule has 1 saturated heterocycles. The molecule has 1 fully saturated rings. The molecule has 0 bridgehead atoms. The number of primary amides is 1. The van der Waals surface area contributed by atoms with E-state index in [-0.39, 0.29) is 18.4 Å². The Bertz CT molecular complexity index is 764. The van der Waals surface area contributed by atoms with Crippen molar-refractivity contribution in [3.63, 3.8) is 0 Å². The van der Waals surface area contributed by atoms with Crippen molar-refractivity contribution in [2.24, 2.45) is 17.6 Å². The molecule has 2 amide bonds. The van der Waals surface area contributed by atoms with E-state index in [0.29, 0.717) is 24.6 Å². The van der Waals surface area contributed by atoms with Crippen molar-refractivity contribution in [3.8, 4) is 11.6 Å². The second-order valence-electron chi connectivity index (χ2n) is 6.19. The molecule has 0 saturated carbocycles. The van der Waals surface area contributed by atoms with E-state index in [0.717, 1.165) is 5.75 Å². The van der Waals surface area contributed by atoms with Gasteiger partial charge in [-0.25, -0.2) is 4.98 Å². The topological polar surface area (TPSA) is 94.7 Å². The largest absolute Gasteiger partial charge is 0.493 e. The second kappa shape index (κ2) is 7.86. The summed E-state index contributed by atoms with van der Waals surface area (Å²) in [4.78, 5) is 30.2. The van der Waals surface area contributed by atoms with Crippen molar-refractivity contribution >= 4 is 11.8 Å². The third-order valence-corrected chi connectivity index (χ3v) is 4.49. The average Bonchev–Trinajstić information content (AvgIpc) is 3.11. The van der Waals surface area contributed by atoms with Gasteiger partial charge in [0.05, 0.1) is 25.2 Å². The molecule has 0 radical (unpaired) electrons. The Hall–Kier alpha value is -3.09. The monoisotopic (exact) mass is 355 g/mol. The summed E-state index contributed by atoms with van der Waals surface area (Å²) in [6.07, 6.45) is 1.47. The van der Waals surface area contributed by atoms with Gasteiger partial charge in [-0.15, -0.1) is 0 Å². The lowest BCUT2D eigenvalue weighted by molar-refractivity contribution is -0.122. The molecule has 0 aliphatic carbocycles. The maximum atomic E-state index is 12.7. The van der Waals surface area contributed by atoms with Crippen LogP contribution in [0, 0.1) is 11.8 Å². The van der Waals surface area contributed by atoms with E-state index in [1.54, 1.807) is 17.0 Å². The van der Waals surface area contributed by atoms with Crippen LogP contribution in [0.15, 0.2) is 48.7 Å². The highest BCUT2D eigenvalue weighted by Gasteiger charge is 2.39. The minimum atomic E-state index is -0.436. The summed E-state index contributed by atoms with van der Waals surface area (Å²) in [6.45, 7) is 1.01. The van der Waals surface area contributed by atoms with Crippen molar-refractivity contribution in [2.75, 3.05) is 26.8 Å². The highest BCUT2D eigenvalue weighted by Crippen LogP contribution is 2.26. The van der Waals surface area contributed by atoms with Crippen LogP contribution in [0.1, 0.15) is 10.4 Å². The number of benzene rings is 1. The zero-order valence-corrected chi connectivity index (χ0v) is 14.5. The molecule has 2 heterocycles. The molecule has 0 spiro atoms. The third kappa shape index (κ3) is 3.93. The Morgan fingerprint density at radius 3 is 2.58 bits per heavy atom. The normalized spacial score (nSPS) is 19.2. The number of hydrogen-bond acceptors (Lipinski definition) is 5. The number of methoxy groups -OCH3 is 1. The Morgan fingerprint density at radius 2 is 1.96 bits per heavy atom. The first-order valence-electron chi connectivity index (χ1n) is 8.35. The first-order chi connectivity index (χ1) is 12.6. The number of hydrogen-bond donors (Lipinski definition) is 1. The number of nitrogens with two attached hydrogens (primary N) is 1. The summed E-state index contributed by atoms with van der Waals surface area (Å²) in [6, 6.07) is 12.6. The molecular weight excluding hydrogens is 334 g/mol. The zero-order valence-electron chi connectivity index (χ0n) is 14.5. The molecule has 7 nitrogen and oxygen atoms in total. The van der Waals surface area contributed by atoms with Crippen molar-refractivity contribution in [1.82, 2.24) is 9.88 Å². The van der Waals surface area contributed by atoms with Gasteiger partial charge in [0.15, 0.2) is 0 Å². The Balaban J connectivity index is 1.67. The lowest BCUT2D eigenvalue weighted by atomic mass is 9.96. The first-order valence-corrected chi connectivity index (χ1v) is 8.35. The minimum Gasteiger partial charge on any atom is -0.493 e. The quantitative estimate of drug-likeness (QED) is 0.844. The maximum Gasteiger partial charge on any atom is 0.255 e. The fraction of sp³-hybridized carbons (Fsp3) is 0.316. The van der Waals surface area contributed by atoms with Crippen LogP contribution in [0.4, 0.5) is 0 Å². The van der Waals surface area contributed by atoms with E-state index >= 15 is 0 Å². The summed E-state index contributed by atoms with van der Waals surface area (Å²) < 4.78 is 10.8. The first kappa shape index (κ1) is 17.7. The van der Waals surface area contributed by atoms with Crippen LogP contribution < -0.4 is 15.2 Å². The molecule has 1 aliphatic rings. The van der Waals surface area contributed by atoms with Gasteiger partial charge in [0.1, 0.15) is 5.75 Å². The van der Waals surface area contributed by atoms with E-state index in [4.69, 9.17) is 15.2 Å². The fourth-order valence-corrected chi connectivity index (χ4v) is 3.06. The molecule has 2 atom stereocenters. The van der Waals surface area contributed by atoms with Crippen LogP contribution in [0.25, 0.3) is 0 Å². The second-order valence-corrected chi connectivity index (χ2v) is 6.19. The standard InChI is InChI=1S/C19H21N3O4/c1-25-17-8-7-13(9-21-17)19(24)22-10-14(16(11-22)18(20)23)12-26-15-5-3-2-4-6-15/h2-9,14,16H,10-12H2,1H3,(H2,20,23). The fourth-order valence-electron chi connectivity index (χ4n) is 3.06. The van der Waals surface area contributed by atoms with Gasteiger partial charge in [-0.05, 0) is 18.2 Å². The molecule has 1 aliphatic heterocycles. The van der Waals surface area contributed by atoms with Crippen LogP contribution in [-0.2, 0) is 4.79 Å². The van der Waals surface area contributed by atoms with Gasteiger partial charge < -0.3 is 20.1 Å². The number of rotatable bonds is 6. The van der Waals surface area contributed by atoms with Crippen LogP contribution in [-0.4, -0.2) is 48.5 Å². The SMILES string of the molecule is COc1ccc(C(=O)N2CC(COc3ccccc3)C(C(N)=O)C2)cn1. The van der Waals surface area contributed by atoms with E-state index in [9.17, 15) is 9.59 Å². The van der Waals surface area contributed by atoms with Crippen molar-refractivity contribution < 1.29 is 19.1 Å². The number of ether oxygens (including phenoxy) is 2. The smallest absolute Gasteiger partial charge is 0.255 e. The number of pyridine rings is 1. The molecule has 1 aromatic heterocycles. The Labute approximate surface area is 151 Å². The summed E-state index contributed by atoms with van der Waals surface area (Å²) in [7, 11) is 1.51. The lowest BCUT2D eigenvalue weighted by Gasteiger charge is -2.17. The Kier molecular flexibility index (Phi) is 5.36. The summed E-state index contributed by atoms with van der Waals surface area (Å²) in [5, 5.41) is 0. The van der Waals surface area contributed by atoms with Gasteiger partial charge in [0.2, 0.25) is 11.8 Å². The van der Waals surface area contributed by atoms with Crippen molar-refractivity contribution in [3.05, 3.63) is 54.2 Å². The van der Waals surface area contributed by atoms with Gasteiger partial charge in [-0.3, -0.25) is 9.59 Å². The van der Waals surface area contributed by atoms with Crippen molar-refractivity contribution in [2.45, 2.75) is 0 Å². The summed E-state index contributed by atoms with van der Waals surface area (Å²) >= 11 is 0. The van der Waals surface area contributed by atoms with Gasteiger partial charge in [-0.1, -0.05) is 18.2 Å². The van der Waals surface area contributed by atoms with E-state index < -0.39 is 11.8 Å². The van der Waals surface area contributed by atoms with E-state index in [1.165, 1.54) is 13.3 Å². The van der Waals surface area contributed by atoms with Gasteiger partial charge in [0.25, 0.3) is 5.91 Å². The highest BCUT2D eigenvalue weighted by molar-refractivity contribution is 5.94. The van der Waals surface area contributed by atoms with Gasteiger partial charge in [-0.2, -0.15) is 0 Å². The predicted molar refractivity (Wildman–Crippen MR) is 94.8 cm³/mol. The van der Waals surface area contributed by atoms with Crippen LogP contribution >= 0.6 is 0 Å². The molecule has 3 rings (SSSR count). The molecule has 136 valence electrons. The molecule has 1 aromatic carbocycles. The molecule has 26 heavy (non-hydrogen) atoms. The third-order valence-electron chi connectivity index (χ3n) is 4.49. The summed E-state index contributed by atoms with van der Waals surface area (Å²) in [5.74, 6) is -0.0351. The number of carbonyl (C=O) groups excluding carboxylic acids is 2.